The van der Waals surface area contributed by atoms with E-state index in [-0.39, 0.29) is 18.5 Å². The second-order valence-electron chi connectivity index (χ2n) is 6.70. The summed E-state index contributed by atoms with van der Waals surface area (Å²) in [6, 6.07) is 17.0. The van der Waals surface area contributed by atoms with Gasteiger partial charge in [-0.1, -0.05) is 35.1 Å². The van der Waals surface area contributed by atoms with Crippen LogP contribution in [0.1, 0.15) is 5.76 Å². The highest BCUT2D eigenvalue weighted by Crippen LogP contribution is 2.37. The van der Waals surface area contributed by atoms with Gasteiger partial charge in [-0.05, 0) is 37.3 Å². The van der Waals surface area contributed by atoms with Gasteiger partial charge in [-0.25, -0.2) is 0 Å². The number of rotatable bonds is 6. The van der Waals surface area contributed by atoms with Crippen LogP contribution < -0.4 is 14.8 Å². The molecular weight excluding hydrogens is 418 g/mol. The van der Waals surface area contributed by atoms with Crippen molar-refractivity contribution in [1.29, 1.82) is 0 Å². The SMILES string of the molecule is Cc1cc(NC(=O)CSc2nnc(-c3ccc4c(c3)OCO4)n2-c2ccccc2)no1. The molecule has 4 aromatic rings. The third-order valence-corrected chi connectivity index (χ3v) is 5.44. The molecule has 1 amide bonds. The largest absolute Gasteiger partial charge is 0.454 e. The van der Waals surface area contributed by atoms with E-state index in [1.165, 1.54) is 11.8 Å². The van der Waals surface area contributed by atoms with Gasteiger partial charge in [0.25, 0.3) is 0 Å². The zero-order valence-electron chi connectivity index (χ0n) is 16.4. The highest BCUT2D eigenvalue weighted by Gasteiger charge is 2.20. The van der Waals surface area contributed by atoms with E-state index in [0.29, 0.717) is 34.1 Å². The maximum Gasteiger partial charge on any atom is 0.236 e. The molecule has 1 aliphatic heterocycles. The van der Waals surface area contributed by atoms with Crippen molar-refractivity contribution in [3.8, 4) is 28.6 Å². The molecule has 10 heteroatoms. The van der Waals surface area contributed by atoms with Crippen LogP contribution in [0.25, 0.3) is 17.1 Å². The summed E-state index contributed by atoms with van der Waals surface area (Å²) < 4.78 is 17.8. The van der Waals surface area contributed by atoms with E-state index in [9.17, 15) is 4.79 Å². The Labute approximate surface area is 181 Å². The average molecular weight is 435 g/mol. The number of fused-ring (bicyclic) bond motifs is 1. The summed E-state index contributed by atoms with van der Waals surface area (Å²) in [4.78, 5) is 12.3. The van der Waals surface area contributed by atoms with Gasteiger partial charge in [0.2, 0.25) is 12.7 Å². The molecule has 1 N–H and O–H groups in total. The minimum absolute atomic E-state index is 0.137. The Bertz CT molecular complexity index is 1240. The number of carbonyl (C=O) groups excluding carboxylic acids is 1. The Hall–Kier alpha value is -3.79. The fourth-order valence-electron chi connectivity index (χ4n) is 3.13. The number of hydrogen-bond donors (Lipinski definition) is 1. The predicted molar refractivity (Wildman–Crippen MR) is 114 cm³/mol. The molecule has 2 aromatic heterocycles. The molecule has 31 heavy (non-hydrogen) atoms. The van der Waals surface area contributed by atoms with E-state index in [4.69, 9.17) is 14.0 Å². The van der Waals surface area contributed by atoms with Crippen molar-refractivity contribution < 1.29 is 18.8 Å². The van der Waals surface area contributed by atoms with Crippen LogP contribution in [-0.2, 0) is 4.79 Å². The van der Waals surface area contributed by atoms with Gasteiger partial charge in [-0.2, -0.15) is 0 Å². The van der Waals surface area contributed by atoms with Crippen molar-refractivity contribution in [1.82, 2.24) is 19.9 Å². The molecule has 0 saturated heterocycles. The predicted octanol–water partition coefficient (Wildman–Crippen LogP) is 3.69. The Morgan fingerprint density at radius 1 is 1.10 bits per heavy atom. The molecule has 5 rings (SSSR count). The molecular formula is C21H17N5O4S. The zero-order valence-corrected chi connectivity index (χ0v) is 17.3. The minimum atomic E-state index is -0.217. The second kappa shape index (κ2) is 8.15. The van der Waals surface area contributed by atoms with E-state index >= 15 is 0 Å². The van der Waals surface area contributed by atoms with Gasteiger partial charge in [-0.3, -0.25) is 9.36 Å². The number of benzene rings is 2. The van der Waals surface area contributed by atoms with Crippen LogP contribution in [0, 0.1) is 6.92 Å². The maximum absolute atomic E-state index is 12.3. The van der Waals surface area contributed by atoms with Gasteiger partial charge in [0.1, 0.15) is 5.76 Å². The molecule has 0 unspecified atom stereocenters. The molecule has 0 radical (unpaired) electrons. The van der Waals surface area contributed by atoms with Crippen molar-refractivity contribution in [2.45, 2.75) is 12.1 Å². The number of nitrogens with zero attached hydrogens (tertiary/aromatic N) is 4. The van der Waals surface area contributed by atoms with E-state index in [2.05, 4.69) is 20.7 Å². The third kappa shape index (κ3) is 3.97. The van der Waals surface area contributed by atoms with E-state index in [0.717, 1.165) is 11.3 Å². The van der Waals surface area contributed by atoms with Gasteiger partial charge in [0, 0.05) is 17.3 Å². The highest BCUT2D eigenvalue weighted by atomic mass is 32.2. The smallest absolute Gasteiger partial charge is 0.236 e. The van der Waals surface area contributed by atoms with Crippen LogP contribution in [0.15, 0.2) is 64.3 Å². The van der Waals surface area contributed by atoms with Crippen molar-refractivity contribution in [3.63, 3.8) is 0 Å². The highest BCUT2D eigenvalue weighted by molar-refractivity contribution is 7.99. The van der Waals surface area contributed by atoms with Crippen LogP contribution in [0.2, 0.25) is 0 Å². The number of para-hydroxylation sites is 1. The number of amides is 1. The van der Waals surface area contributed by atoms with Crippen LogP contribution in [-0.4, -0.2) is 38.4 Å². The van der Waals surface area contributed by atoms with Gasteiger partial charge in [-0.15, -0.1) is 10.2 Å². The molecule has 0 atom stereocenters. The van der Waals surface area contributed by atoms with Crippen molar-refractivity contribution in [3.05, 3.63) is 60.4 Å². The monoisotopic (exact) mass is 435 g/mol. The van der Waals surface area contributed by atoms with Crippen molar-refractivity contribution in [2.75, 3.05) is 17.9 Å². The Morgan fingerprint density at radius 2 is 1.94 bits per heavy atom. The van der Waals surface area contributed by atoms with E-state index < -0.39 is 0 Å². The first-order chi connectivity index (χ1) is 15.2. The molecule has 0 bridgehead atoms. The molecule has 9 nitrogen and oxygen atoms in total. The number of nitrogens with one attached hydrogen (secondary N) is 1. The minimum Gasteiger partial charge on any atom is -0.454 e. The molecule has 156 valence electrons. The van der Waals surface area contributed by atoms with Crippen LogP contribution in [0.3, 0.4) is 0 Å². The number of hydrogen-bond acceptors (Lipinski definition) is 8. The maximum atomic E-state index is 12.3. The normalized spacial score (nSPS) is 12.2. The van der Waals surface area contributed by atoms with Crippen LogP contribution in [0.5, 0.6) is 11.5 Å². The standard InChI is InChI=1S/C21H17N5O4S/c1-13-9-18(25-30-13)22-19(27)11-31-21-24-23-20(26(21)15-5-3-2-4-6-15)14-7-8-16-17(10-14)29-12-28-16/h2-10H,11-12H2,1H3,(H,22,25,27). The van der Waals surface area contributed by atoms with Crippen molar-refractivity contribution >= 4 is 23.5 Å². The summed E-state index contributed by atoms with van der Waals surface area (Å²) in [5, 5.41) is 15.8. The number of aryl methyl sites for hydroxylation is 1. The van der Waals surface area contributed by atoms with Gasteiger partial charge >= 0.3 is 0 Å². The summed E-state index contributed by atoms with van der Waals surface area (Å²) in [6.45, 7) is 1.96. The lowest BCUT2D eigenvalue weighted by Crippen LogP contribution is -2.14. The summed E-state index contributed by atoms with van der Waals surface area (Å²) in [5.41, 5.74) is 1.71. The molecule has 1 aliphatic rings. The van der Waals surface area contributed by atoms with E-state index in [1.54, 1.807) is 13.0 Å². The molecule has 0 spiro atoms. The van der Waals surface area contributed by atoms with Gasteiger partial charge in [0.05, 0.1) is 5.75 Å². The number of aromatic nitrogens is 4. The lowest BCUT2D eigenvalue weighted by molar-refractivity contribution is -0.113. The fourth-order valence-corrected chi connectivity index (χ4v) is 3.88. The lowest BCUT2D eigenvalue weighted by atomic mass is 10.2. The van der Waals surface area contributed by atoms with Gasteiger partial charge in [0.15, 0.2) is 28.3 Å². The first-order valence-corrected chi connectivity index (χ1v) is 10.4. The van der Waals surface area contributed by atoms with Crippen molar-refractivity contribution in [2.24, 2.45) is 0 Å². The molecule has 0 saturated carbocycles. The van der Waals surface area contributed by atoms with Crippen LogP contribution in [0.4, 0.5) is 5.82 Å². The fraction of sp³-hybridized carbons (Fsp3) is 0.143. The number of carbonyl (C=O) groups is 1. The van der Waals surface area contributed by atoms with E-state index in [1.807, 2.05) is 53.1 Å². The summed E-state index contributed by atoms with van der Waals surface area (Å²) in [5.74, 6) is 2.93. The number of thioether (sulfide) groups is 1. The van der Waals surface area contributed by atoms with Gasteiger partial charge < -0.3 is 19.3 Å². The lowest BCUT2D eigenvalue weighted by Gasteiger charge is -2.10. The molecule has 0 fully saturated rings. The Kier molecular flexibility index (Phi) is 5.04. The van der Waals surface area contributed by atoms with Crippen LogP contribution >= 0.6 is 11.8 Å². The molecule has 2 aromatic carbocycles. The number of anilines is 1. The first-order valence-electron chi connectivity index (χ1n) is 9.44. The number of ether oxygens (including phenoxy) is 2. The summed E-state index contributed by atoms with van der Waals surface area (Å²) in [6.07, 6.45) is 0. The quantitative estimate of drug-likeness (QED) is 0.457. The zero-order chi connectivity index (χ0) is 21.2. The summed E-state index contributed by atoms with van der Waals surface area (Å²) in [7, 11) is 0. The topological polar surface area (TPSA) is 104 Å². The molecule has 3 heterocycles. The third-order valence-electron chi connectivity index (χ3n) is 4.51. The average Bonchev–Trinajstić information content (AvgIpc) is 3.51. The second-order valence-corrected chi connectivity index (χ2v) is 7.65. The Balaban J connectivity index is 1.43. The molecule has 0 aliphatic carbocycles. The Morgan fingerprint density at radius 3 is 2.74 bits per heavy atom. The first kappa shape index (κ1) is 19.2. The summed E-state index contributed by atoms with van der Waals surface area (Å²) >= 11 is 1.28.